The molecule has 0 aliphatic heterocycles. The van der Waals surface area contributed by atoms with E-state index in [0.29, 0.717) is 18.4 Å². The average Bonchev–Trinajstić information content (AvgIpc) is 2.25. The fourth-order valence-electron chi connectivity index (χ4n) is 1.28. The highest BCUT2D eigenvalue weighted by Crippen LogP contribution is 2.12. The van der Waals surface area contributed by atoms with Gasteiger partial charge in [0.05, 0.1) is 6.61 Å². The molecule has 1 atom stereocenters. The molecule has 0 radical (unpaired) electrons. The van der Waals surface area contributed by atoms with Crippen molar-refractivity contribution in [1.29, 1.82) is 0 Å². The highest BCUT2D eigenvalue weighted by molar-refractivity contribution is 6.20. The second kappa shape index (κ2) is 7.33. The van der Waals surface area contributed by atoms with Crippen molar-refractivity contribution in [2.24, 2.45) is 0 Å². The van der Waals surface area contributed by atoms with Crippen LogP contribution in [0.2, 0.25) is 0 Å². The number of hydrogen-bond acceptors (Lipinski definition) is 4. The highest BCUT2D eigenvalue weighted by atomic mass is 35.5. The monoisotopic (exact) mass is 257 g/mol. The van der Waals surface area contributed by atoms with Crippen molar-refractivity contribution in [3.8, 4) is 5.88 Å². The van der Waals surface area contributed by atoms with Crippen LogP contribution in [0, 0.1) is 6.92 Å². The summed E-state index contributed by atoms with van der Waals surface area (Å²) in [6.07, 6.45) is 1.85. The summed E-state index contributed by atoms with van der Waals surface area (Å²) in [5.74, 6) is 1.23. The molecule has 0 saturated heterocycles. The van der Waals surface area contributed by atoms with Crippen LogP contribution in [0.5, 0.6) is 5.88 Å². The predicted molar refractivity (Wildman–Crippen MR) is 71.0 cm³/mol. The third-order valence-corrected chi connectivity index (χ3v) is 2.33. The molecule has 0 aromatic carbocycles. The molecule has 96 valence electrons. The summed E-state index contributed by atoms with van der Waals surface area (Å²) in [4.78, 5) is 8.57. The Morgan fingerprint density at radius 3 is 2.88 bits per heavy atom. The summed E-state index contributed by atoms with van der Waals surface area (Å²) in [7, 11) is 0. The number of anilines is 1. The van der Waals surface area contributed by atoms with Gasteiger partial charge in [-0.15, -0.1) is 11.6 Å². The summed E-state index contributed by atoms with van der Waals surface area (Å²) in [5.41, 5.74) is 0.896. The zero-order valence-corrected chi connectivity index (χ0v) is 11.4. The van der Waals surface area contributed by atoms with Gasteiger partial charge < -0.3 is 10.1 Å². The largest absolute Gasteiger partial charge is 0.478 e. The van der Waals surface area contributed by atoms with Gasteiger partial charge in [-0.2, -0.15) is 4.98 Å². The Bertz CT molecular complexity index is 345. The molecular weight excluding hydrogens is 238 g/mol. The molecule has 0 aliphatic rings. The molecule has 0 amide bonds. The minimum atomic E-state index is 0.156. The van der Waals surface area contributed by atoms with Crippen LogP contribution in [0.1, 0.15) is 32.4 Å². The maximum Gasteiger partial charge on any atom is 0.226 e. The van der Waals surface area contributed by atoms with E-state index in [4.69, 9.17) is 16.3 Å². The van der Waals surface area contributed by atoms with Crippen molar-refractivity contribution in [2.45, 2.75) is 39.0 Å². The van der Waals surface area contributed by atoms with Crippen molar-refractivity contribution in [2.75, 3.05) is 18.5 Å². The molecule has 1 rings (SSSR count). The Morgan fingerprint density at radius 1 is 1.47 bits per heavy atom. The number of ether oxygens (including phenoxy) is 1. The SMILES string of the molecule is CCCOc1cc(C)nc(NCCC(C)Cl)n1. The lowest BCUT2D eigenvalue weighted by molar-refractivity contribution is 0.305. The van der Waals surface area contributed by atoms with Gasteiger partial charge in [0, 0.05) is 23.7 Å². The zero-order chi connectivity index (χ0) is 12.7. The van der Waals surface area contributed by atoms with E-state index in [1.165, 1.54) is 0 Å². The van der Waals surface area contributed by atoms with Gasteiger partial charge in [-0.1, -0.05) is 6.92 Å². The molecule has 1 heterocycles. The molecule has 1 aromatic heterocycles. The van der Waals surface area contributed by atoms with Gasteiger partial charge in [-0.05, 0) is 26.7 Å². The van der Waals surface area contributed by atoms with E-state index in [-0.39, 0.29) is 5.38 Å². The van der Waals surface area contributed by atoms with Gasteiger partial charge in [0.15, 0.2) is 0 Å². The van der Waals surface area contributed by atoms with Crippen molar-refractivity contribution >= 4 is 17.5 Å². The predicted octanol–water partition coefficient (Wildman–Crippen LogP) is 3.00. The zero-order valence-electron chi connectivity index (χ0n) is 10.7. The van der Waals surface area contributed by atoms with E-state index in [1.54, 1.807) is 0 Å². The number of aryl methyl sites for hydroxylation is 1. The Hall–Kier alpha value is -1.03. The van der Waals surface area contributed by atoms with Gasteiger partial charge in [-0.25, -0.2) is 4.98 Å². The van der Waals surface area contributed by atoms with Crippen LogP contribution in [0.3, 0.4) is 0 Å². The Balaban J connectivity index is 2.55. The van der Waals surface area contributed by atoms with Crippen LogP contribution in [0.15, 0.2) is 6.07 Å². The fraction of sp³-hybridized carbons (Fsp3) is 0.667. The van der Waals surface area contributed by atoms with Gasteiger partial charge >= 0.3 is 0 Å². The summed E-state index contributed by atoms with van der Waals surface area (Å²) in [6, 6.07) is 1.84. The van der Waals surface area contributed by atoms with E-state index in [2.05, 4.69) is 22.2 Å². The minimum absolute atomic E-state index is 0.156. The maximum atomic E-state index is 5.87. The van der Waals surface area contributed by atoms with Crippen LogP contribution in [0.25, 0.3) is 0 Å². The quantitative estimate of drug-likeness (QED) is 0.763. The third-order valence-electron chi connectivity index (χ3n) is 2.11. The van der Waals surface area contributed by atoms with Crippen molar-refractivity contribution in [1.82, 2.24) is 9.97 Å². The molecular formula is C12H20ClN3O. The first-order chi connectivity index (χ1) is 8.11. The Morgan fingerprint density at radius 2 is 2.24 bits per heavy atom. The number of halogens is 1. The molecule has 1 aromatic rings. The molecule has 0 fully saturated rings. The molecule has 0 saturated carbocycles. The lowest BCUT2D eigenvalue weighted by Crippen LogP contribution is -2.10. The van der Waals surface area contributed by atoms with Gasteiger partial charge in [-0.3, -0.25) is 0 Å². The molecule has 1 N–H and O–H groups in total. The Kier molecular flexibility index (Phi) is 6.05. The third kappa shape index (κ3) is 5.73. The van der Waals surface area contributed by atoms with Crippen LogP contribution >= 0.6 is 11.6 Å². The standard InChI is InChI=1S/C12H20ClN3O/c1-4-7-17-11-8-10(3)15-12(16-11)14-6-5-9(2)13/h8-9H,4-7H2,1-3H3,(H,14,15,16). The number of nitrogens with one attached hydrogen (secondary N) is 1. The first-order valence-electron chi connectivity index (χ1n) is 5.98. The van der Waals surface area contributed by atoms with E-state index in [9.17, 15) is 0 Å². The van der Waals surface area contributed by atoms with Crippen LogP contribution < -0.4 is 10.1 Å². The molecule has 5 heteroatoms. The normalized spacial score (nSPS) is 12.2. The van der Waals surface area contributed by atoms with Crippen LogP contribution in [0.4, 0.5) is 5.95 Å². The highest BCUT2D eigenvalue weighted by Gasteiger charge is 2.03. The second-order valence-corrected chi connectivity index (χ2v) is 4.76. The molecule has 0 aliphatic carbocycles. The van der Waals surface area contributed by atoms with E-state index < -0.39 is 0 Å². The van der Waals surface area contributed by atoms with Crippen LogP contribution in [-0.2, 0) is 0 Å². The number of alkyl halides is 1. The van der Waals surface area contributed by atoms with E-state index in [1.807, 2.05) is 19.9 Å². The minimum Gasteiger partial charge on any atom is -0.478 e. The lowest BCUT2D eigenvalue weighted by atomic mass is 10.3. The Labute approximate surface area is 108 Å². The summed E-state index contributed by atoms with van der Waals surface area (Å²) in [5, 5.41) is 3.30. The average molecular weight is 258 g/mol. The smallest absolute Gasteiger partial charge is 0.226 e. The first kappa shape index (κ1) is 14.0. The van der Waals surface area contributed by atoms with E-state index >= 15 is 0 Å². The molecule has 0 spiro atoms. The number of rotatable bonds is 7. The summed E-state index contributed by atoms with van der Waals surface area (Å²) < 4.78 is 5.49. The van der Waals surface area contributed by atoms with Gasteiger partial charge in [0.2, 0.25) is 11.8 Å². The summed E-state index contributed by atoms with van der Waals surface area (Å²) in [6.45, 7) is 7.40. The van der Waals surface area contributed by atoms with Crippen molar-refractivity contribution in [3.05, 3.63) is 11.8 Å². The number of hydrogen-bond donors (Lipinski definition) is 1. The van der Waals surface area contributed by atoms with Crippen molar-refractivity contribution in [3.63, 3.8) is 0 Å². The maximum absolute atomic E-state index is 5.87. The molecule has 17 heavy (non-hydrogen) atoms. The first-order valence-corrected chi connectivity index (χ1v) is 6.42. The van der Waals surface area contributed by atoms with E-state index in [0.717, 1.165) is 25.1 Å². The second-order valence-electron chi connectivity index (χ2n) is 4.02. The van der Waals surface area contributed by atoms with Gasteiger partial charge in [0.1, 0.15) is 0 Å². The fourth-order valence-corrected chi connectivity index (χ4v) is 1.39. The summed E-state index contributed by atoms with van der Waals surface area (Å²) >= 11 is 5.87. The van der Waals surface area contributed by atoms with Crippen LogP contribution in [-0.4, -0.2) is 28.5 Å². The molecule has 1 unspecified atom stereocenters. The molecule has 0 bridgehead atoms. The lowest BCUT2D eigenvalue weighted by Gasteiger charge is -2.09. The number of aromatic nitrogens is 2. The molecule has 4 nitrogen and oxygen atoms in total. The van der Waals surface area contributed by atoms with Crippen molar-refractivity contribution < 1.29 is 4.74 Å². The topological polar surface area (TPSA) is 47.0 Å². The number of nitrogens with zero attached hydrogens (tertiary/aromatic N) is 2. The van der Waals surface area contributed by atoms with Gasteiger partial charge in [0.25, 0.3) is 0 Å².